The second-order valence-corrected chi connectivity index (χ2v) is 4.70. The topological polar surface area (TPSA) is 37.3 Å². The highest BCUT2D eigenvalue weighted by atomic mass is 16.4. The second kappa shape index (κ2) is 7.10. The highest BCUT2D eigenvalue weighted by Gasteiger charge is 2.09. The summed E-state index contributed by atoms with van der Waals surface area (Å²) >= 11 is 0. The number of hydrogen-bond acceptors (Lipinski definition) is 1. The first kappa shape index (κ1) is 13.8. The van der Waals surface area contributed by atoms with E-state index >= 15 is 0 Å². The molecule has 0 aliphatic rings. The van der Waals surface area contributed by atoms with Crippen LogP contribution in [-0.4, -0.2) is 11.1 Å². The van der Waals surface area contributed by atoms with Gasteiger partial charge in [-0.15, -0.1) is 0 Å². The monoisotopic (exact) mass is 234 g/mol. The first-order chi connectivity index (χ1) is 8.13. The highest BCUT2D eigenvalue weighted by molar-refractivity contribution is 5.67. The van der Waals surface area contributed by atoms with Crippen molar-refractivity contribution in [1.82, 2.24) is 0 Å². The fourth-order valence-corrected chi connectivity index (χ4v) is 1.97. The van der Waals surface area contributed by atoms with E-state index in [4.69, 9.17) is 5.11 Å². The molecule has 0 bridgehead atoms. The number of aliphatic carboxylic acids is 1. The minimum atomic E-state index is -0.732. The summed E-state index contributed by atoms with van der Waals surface area (Å²) in [5, 5.41) is 8.74. The molecule has 0 heterocycles. The molecule has 0 fully saturated rings. The lowest BCUT2D eigenvalue weighted by Gasteiger charge is -2.10. The molecule has 0 spiro atoms. The molecule has 1 aromatic rings. The van der Waals surface area contributed by atoms with Crippen LogP contribution < -0.4 is 0 Å². The molecule has 1 atom stereocenters. The summed E-state index contributed by atoms with van der Waals surface area (Å²) in [4.78, 5) is 10.6. The molecule has 0 radical (unpaired) electrons. The van der Waals surface area contributed by atoms with Crippen molar-refractivity contribution in [2.24, 2.45) is 0 Å². The van der Waals surface area contributed by atoms with E-state index in [1.165, 1.54) is 24.8 Å². The lowest BCUT2D eigenvalue weighted by atomic mass is 9.96. The van der Waals surface area contributed by atoms with Gasteiger partial charge in [0.25, 0.3) is 0 Å². The summed E-state index contributed by atoms with van der Waals surface area (Å²) in [7, 11) is 0. The van der Waals surface area contributed by atoms with Crippen molar-refractivity contribution in [3.8, 4) is 0 Å². The van der Waals surface area contributed by atoms with E-state index in [1.807, 2.05) is 6.92 Å². The number of carboxylic acid groups (broad SMARTS) is 1. The highest BCUT2D eigenvalue weighted by Crippen LogP contribution is 2.20. The van der Waals surface area contributed by atoms with E-state index in [1.54, 1.807) is 0 Å². The molecule has 0 aliphatic heterocycles. The summed E-state index contributed by atoms with van der Waals surface area (Å²) in [6.07, 6.45) is 5.09. The smallest absolute Gasteiger partial charge is 0.303 e. The van der Waals surface area contributed by atoms with E-state index in [0.29, 0.717) is 0 Å². The predicted molar refractivity (Wildman–Crippen MR) is 70.3 cm³/mol. The van der Waals surface area contributed by atoms with Gasteiger partial charge in [-0.1, -0.05) is 51.0 Å². The molecular formula is C15H22O2. The van der Waals surface area contributed by atoms with E-state index in [9.17, 15) is 4.79 Å². The molecule has 0 aromatic heterocycles. The van der Waals surface area contributed by atoms with Gasteiger partial charge in [0.2, 0.25) is 0 Å². The van der Waals surface area contributed by atoms with Gasteiger partial charge in [0.1, 0.15) is 0 Å². The van der Waals surface area contributed by atoms with Crippen LogP contribution in [0.5, 0.6) is 0 Å². The minimum absolute atomic E-state index is 0.0946. The summed E-state index contributed by atoms with van der Waals surface area (Å²) < 4.78 is 0. The first-order valence-corrected chi connectivity index (χ1v) is 6.44. The van der Waals surface area contributed by atoms with Crippen LogP contribution in [0, 0.1) is 0 Å². The second-order valence-electron chi connectivity index (χ2n) is 4.70. The number of aryl methyl sites for hydroxylation is 1. The van der Waals surface area contributed by atoms with Crippen molar-refractivity contribution in [2.45, 2.75) is 51.9 Å². The largest absolute Gasteiger partial charge is 0.481 e. The van der Waals surface area contributed by atoms with Gasteiger partial charge in [-0.25, -0.2) is 0 Å². The Kier molecular flexibility index (Phi) is 5.75. The molecule has 94 valence electrons. The fraction of sp³-hybridized carbons (Fsp3) is 0.533. The maximum Gasteiger partial charge on any atom is 0.303 e. The normalized spacial score (nSPS) is 12.4. The Morgan fingerprint density at radius 1 is 1.24 bits per heavy atom. The Labute approximate surface area is 104 Å². The van der Waals surface area contributed by atoms with Crippen LogP contribution in [-0.2, 0) is 11.2 Å². The number of benzene rings is 1. The van der Waals surface area contributed by atoms with Gasteiger partial charge in [0.15, 0.2) is 0 Å². The van der Waals surface area contributed by atoms with Crippen molar-refractivity contribution in [2.75, 3.05) is 0 Å². The summed E-state index contributed by atoms with van der Waals surface area (Å²) in [5.41, 5.74) is 2.47. The summed E-state index contributed by atoms with van der Waals surface area (Å²) in [6.45, 7) is 4.16. The molecule has 1 rings (SSSR count). The molecule has 0 aliphatic carbocycles. The van der Waals surface area contributed by atoms with Gasteiger partial charge in [-0.05, 0) is 29.9 Å². The molecular weight excluding hydrogens is 212 g/mol. The van der Waals surface area contributed by atoms with Gasteiger partial charge >= 0.3 is 5.97 Å². The third-order valence-corrected chi connectivity index (χ3v) is 3.10. The molecule has 2 heteroatoms. The SMILES string of the molecule is CCCCCc1ccc([C@H](C)CC(=O)O)cc1. The zero-order valence-electron chi connectivity index (χ0n) is 10.8. The summed E-state index contributed by atoms with van der Waals surface area (Å²) in [5.74, 6) is -0.637. The number of carbonyl (C=O) groups is 1. The molecule has 1 N–H and O–H groups in total. The Morgan fingerprint density at radius 2 is 1.88 bits per heavy atom. The average Bonchev–Trinajstić information content (AvgIpc) is 2.29. The zero-order chi connectivity index (χ0) is 12.7. The lowest BCUT2D eigenvalue weighted by molar-refractivity contribution is -0.137. The molecule has 2 nitrogen and oxygen atoms in total. The van der Waals surface area contributed by atoms with Crippen LogP contribution >= 0.6 is 0 Å². The van der Waals surface area contributed by atoms with Gasteiger partial charge in [0, 0.05) is 0 Å². The van der Waals surface area contributed by atoms with Gasteiger partial charge in [-0.3, -0.25) is 4.79 Å². The third-order valence-electron chi connectivity index (χ3n) is 3.10. The van der Waals surface area contributed by atoms with E-state index in [0.717, 1.165) is 12.0 Å². The van der Waals surface area contributed by atoms with E-state index in [2.05, 4.69) is 31.2 Å². The molecule has 0 unspecified atom stereocenters. The van der Waals surface area contributed by atoms with Gasteiger partial charge < -0.3 is 5.11 Å². The number of unbranched alkanes of at least 4 members (excludes halogenated alkanes) is 2. The van der Waals surface area contributed by atoms with Crippen molar-refractivity contribution in [3.63, 3.8) is 0 Å². The average molecular weight is 234 g/mol. The maximum absolute atomic E-state index is 10.6. The van der Waals surface area contributed by atoms with Crippen LogP contribution in [0.2, 0.25) is 0 Å². The zero-order valence-corrected chi connectivity index (χ0v) is 10.8. The predicted octanol–water partition coefficient (Wildman–Crippen LogP) is 4.00. The number of hydrogen-bond donors (Lipinski definition) is 1. The number of rotatable bonds is 7. The Morgan fingerprint density at radius 3 is 2.41 bits per heavy atom. The quantitative estimate of drug-likeness (QED) is 0.724. The molecule has 0 amide bonds. The molecule has 1 aromatic carbocycles. The van der Waals surface area contributed by atoms with Crippen molar-refractivity contribution >= 4 is 5.97 Å². The van der Waals surface area contributed by atoms with Crippen molar-refractivity contribution in [3.05, 3.63) is 35.4 Å². The maximum atomic E-state index is 10.6. The Hall–Kier alpha value is -1.31. The lowest BCUT2D eigenvalue weighted by Crippen LogP contribution is -2.02. The number of carboxylic acids is 1. The van der Waals surface area contributed by atoms with Crippen LogP contribution in [0.1, 0.15) is 56.6 Å². The summed E-state index contributed by atoms with van der Waals surface area (Å²) in [6, 6.07) is 8.39. The Bertz CT molecular complexity index is 340. The van der Waals surface area contributed by atoms with Gasteiger partial charge in [0.05, 0.1) is 6.42 Å². The van der Waals surface area contributed by atoms with Crippen molar-refractivity contribution < 1.29 is 9.90 Å². The fourth-order valence-electron chi connectivity index (χ4n) is 1.97. The first-order valence-electron chi connectivity index (χ1n) is 6.44. The standard InChI is InChI=1S/C15H22O2/c1-3-4-5-6-13-7-9-14(10-8-13)12(2)11-15(16)17/h7-10,12H,3-6,11H2,1-2H3,(H,16,17)/t12-/m1/s1. The van der Waals surface area contributed by atoms with Gasteiger partial charge in [-0.2, -0.15) is 0 Å². The van der Waals surface area contributed by atoms with E-state index in [-0.39, 0.29) is 12.3 Å². The molecule has 17 heavy (non-hydrogen) atoms. The van der Waals surface area contributed by atoms with Crippen LogP contribution in [0.3, 0.4) is 0 Å². The van der Waals surface area contributed by atoms with Crippen LogP contribution in [0.25, 0.3) is 0 Å². The third kappa shape index (κ3) is 5.03. The molecule has 0 saturated heterocycles. The van der Waals surface area contributed by atoms with Crippen LogP contribution in [0.15, 0.2) is 24.3 Å². The Balaban J connectivity index is 2.52. The molecule has 0 saturated carbocycles. The minimum Gasteiger partial charge on any atom is -0.481 e. The van der Waals surface area contributed by atoms with Crippen molar-refractivity contribution in [1.29, 1.82) is 0 Å². The van der Waals surface area contributed by atoms with Crippen LogP contribution in [0.4, 0.5) is 0 Å². The van der Waals surface area contributed by atoms with E-state index < -0.39 is 5.97 Å².